The Morgan fingerprint density at radius 2 is 1.67 bits per heavy atom. The van der Waals surface area contributed by atoms with Crippen LogP contribution in [0.2, 0.25) is 0 Å². The molecule has 0 spiro atoms. The van der Waals surface area contributed by atoms with Gasteiger partial charge in [0, 0.05) is 48.9 Å². The maximum atomic E-state index is 14.1. The lowest BCUT2D eigenvalue weighted by molar-refractivity contribution is -0.126. The average Bonchev–Trinajstić information content (AvgIpc) is 3.55. The van der Waals surface area contributed by atoms with Gasteiger partial charge in [0.25, 0.3) is 11.8 Å². The molecular weight excluding hydrogens is 596 g/mol. The van der Waals surface area contributed by atoms with E-state index in [1.54, 1.807) is 24.8 Å². The Bertz CT molecular complexity index is 1460. The summed E-state index contributed by atoms with van der Waals surface area (Å²) in [7, 11) is 0. The molecule has 2 atom stereocenters. The topological polar surface area (TPSA) is 137 Å². The summed E-state index contributed by atoms with van der Waals surface area (Å²) in [5.74, 6) is -2.35. The van der Waals surface area contributed by atoms with Crippen LogP contribution in [0.5, 0.6) is 0 Å². The predicted octanol–water partition coefficient (Wildman–Crippen LogP) is 4.33. The molecule has 0 aliphatic heterocycles. The number of aliphatic hydroxyl groups is 1. The van der Waals surface area contributed by atoms with Crippen LogP contribution >= 0.6 is 0 Å². The summed E-state index contributed by atoms with van der Waals surface area (Å²) in [5.41, 5.74) is -0.127. The number of benzene rings is 2. The summed E-state index contributed by atoms with van der Waals surface area (Å²) in [5, 5.41) is 20.0. The van der Waals surface area contributed by atoms with Crippen molar-refractivity contribution >= 4 is 17.7 Å². The molecule has 2 aromatic carbocycles. The standard InChI is InChI=1S/C34H45F2N5O5/c1-7-10-41(8-2)32(44)25-16-23(15-24(17-25)31-37-9-11-46-31)30(43)40-28(14-22-12-26(35)18-27(36)13-22)29(42)20-39-34(5,6)33(45)38-19-21(3)4/h9,11-13,15-18,21,28-29,39,42H,7-8,10,14,19-20H2,1-6H3,(H,38,45)(H,40,43)/t28-,29?/m0/s1. The van der Waals surface area contributed by atoms with Crippen molar-refractivity contribution in [1.29, 1.82) is 0 Å². The van der Waals surface area contributed by atoms with Gasteiger partial charge in [-0.25, -0.2) is 13.8 Å². The average molecular weight is 642 g/mol. The minimum Gasteiger partial charge on any atom is -0.445 e. The SMILES string of the molecule is CCCN(CC)C(=O)c1cc(C(=O)N[C@@H](Cc2cc(F)cc(F)c2)C(O)CNC(C)(C)C(=O)NCC(C)C)cc(-c2ncco2)c1. The van der Waals surface area contributed by atoms with Crippen molar-refractivity contribution in [3.8, 4) is 11.5 Å². The van der Waals surface area contributed by atoms with Crippen LogP contribution in [-0.2, 0) is 11.2 Å². The van der Waals surface area contributed by atoms with E-state index >= 15 is 0 Å². The fraction of sp³-hybridized carbons (Fsp3) is 0.471. The second-order valence-electron chi connectivity index (χ2n) is 12.3. The number of aromatic nitrogens is 1. The molecule has 3 rings (SSSR count). The fourth-order valence-electron chi connectivity index (χ4n) is 4.85. The number of hydrogen-bond donors (Lipinski definition) is 4. The number of carbonyl (C=O) groups is 3. The number of hydrogen-bond acceptors (Lipinski definition) is 7. The van der Waals surface area contributed by atoms with Gasteiger partial charge in [-0.05, 0) is 75.4 Å². The number of oxazole rings is 1. The van der Waals surface area contributed by atoms with Gasteiger partial charge in [0.1, 0.15) is 17.9 Å². The van der Waals surface area contributed by atoms with E-state index in [4.69, 9.17) is 4.42 Å². The third-order valence-electron chi connectivity index (χ3n) is 7.43. The van der Waals surface area contributed by atoms with E-state index in [1.165, 1.54) is 24.6 Å². The molecule has 12 heteroatoms. The molecule has 3 aromatic rings. The van der Waals surface area contributed by atoms with Crippen LogP contribution in [0.25, 0.3) is 11.5 Å². The van der Waals surface area contributed by atoms with E-state index in [2.05, 4.69) is 20.9 Å². The zero-order valence-corrected chi connectivity index (χ0v) is 27.3. The molecule has 10 nitrogen and oxygen atoms in total. The van der Waals surface area contributed by atoms with Gasteiger partial charge in [0.2, 0.25) is 11.8 Å². The summed E-state index contributed by atoms with van der Waals surface area (Å²) in [4.78, 5) is 45.8. The predicted molar refractivity (Wildman–Crippen MR) is 171 cm³/mol. The molecule has 0 fully saturated rings. The van der Waals surface area contributed by atoms with Crippen molar-refractivity contribution in [2.75, 3.05) is 26.2 Å². The second-order valence-corrected chi connectivity index (χ2v) is 12.3. The zero-order chi connectivity index (χ0) is 34.0. The van der Waals surface area contributed by atoms with Gasteiger partial charge >= 0.3 is 0 Å². The Balaban J connectivity index is 1.93. The van der Waals surface area contributed by atoms with Gasteiger partial charge in [-0.2, -0.15) is 0 Å². The third kappa shape index (κ3) is 10.2. The number of nitrogens with zero attached hydrogens (tertiary/aromatic N) is 2. The van der Waals surface area contributed by atoms with Gasteiger partial charge in [0.05, 0.1) is 23.9 Å². The van der Waals surface area contributed by atoms with Crippen LogP contribution in [0.15, 0.2) is 53.3 Å². The van der Waals surface area contributed by atoms with Crippen LogP contribution in [-0.4, -0.2) is 76.6 Å². The number of nitrogens with one attached hydrogen (secondary N) is 3. The molecule has 4 N–H and O–H groups in total. The maximum absolute atomic E-state index is 14.1. The molecule has 46 heavy (non-hydrogen) atoms. The Hall–Kier alpha value is -4.16. The van der Waals surface area contributed by atoms with Crippen LogP contribution in [0.1, 0.15) is 74.2 Å². The number of β-amino-alcohol motifs (C(OH)–C–C–N with tert-alkyl or cyclic N) is 1. The van der Waals surface area contributed by atoms with Gasteiger partial charge < -0.3 is 30.4 Å². The number of carbonyl (C=O) groups excluding carboxylic acids is 3. The normalized spacial score (nSPS) is 12.9. The van der Waals surface area contributed by atoms with E-state index in [1.807, 2.05) is 27.7 Å². The maximum Gasteiger partial charge on any atom is 0.253 e. The molecular formula is C34H45F2N5O5. The summed E-state index contributed by atoms with van der Waals surface area (Å²) >= 11 is 0. The van der Waals surface area contributed by atoms with Crippen LogP contribution < -0.4 is 16.0 Å². The first-order chi connectivity index (χ1) is 21.7. The van der Waals surface area contributed by atoms with Crippen molar-refractivity contribution in [2.24, 2.45) is 5.92 Å². The molecule has 0 aliphatic carbocycles. The molecule has 0 aliphatic rings. The summed E-state index contributed by atoms with van der Waals surface area (Å²) < 4.78 is 33.6. The molecule has 1 unspecified atom stereocenters. The van der Waals surface area contributed by atoms with Gasteiger partial charge in [-0.1, -0.05) is 20.8 Å². The zero-order valence-electron chi connectivity index (χ0n) is 27.3. The molecule has 250 valence electrons. The van der Waals surface area contributed by atoms with Crippen LogP contribution in [0.3, 0.4) is 0 Å². The van der Waals surface area contributed by atoms with Gasteiger partial charge in [-0.3, -0.25) is 14.4 Å². The Labute approximate surface area is 269 Å². The summed E-state index contributed by atoms with van der Waals surface area (Å²) in [6, 6.07) is 6.50. The van der Waals surface area contributed by atoms with Crippen LogP contribution in [0.4, 0.5) is 8.78 Å². The van der Waals surface area contributed by atoms with Crippen molar-refractivity contribution in [1.82, 2.24) is 25.8 Å². The lowest BCUT2D eigenvalue weighted by Crippen LogP contribution is -2.57. The Morgan fingerprint density at radius 1 is 1.00 bits per heavy atom. The number of halogens is 2. The highest BCUT2D eigenvalue weighted by atomic mass is 19.1. The largest absolute Gasteiger partial charge is 0.445 e. The summed E-state index contributed by atoms with van der Waals surface area (Å²) in [6.45, 7) is 12.4. The minimum atomic E-state index is -1.29. The van der Waals surface area contributed by atoms with Crippen molar-refractivity contribution in [2.45, 2.75) is 72.1 Å². The van der Waals surface area contributed by atoms with Gasteiger partial charge in [-0.15, -0.1) is 0 Å². The van der Waals surface area contributed by atoms with Gasteiger partial charge in [0.15, 0.2) is 0 Å². The van der Waals surface area contributed by atoms with Crippen molar-refractivity contribution in [3.63, 3.8) is 0 Å². The molecule has 3 amide bonds. The molecule has 1 aromatic heterocycles. The Kier molecular flexibility index (Phi) is 13.0. The quantitative estimate of drug-likeness (QED) is 0.183. The van der Waals surface area contributed by atoms with E-state index in [9.17, 15) is 28.3 Å². The minimum absolute atomic E-state index is 0.0931. The van der Waals surface area contributed by atoms with Crippen molar-refractivity contribution < 1.29 is 32.7 Å². The monoisotopic (exact) mass is 641 g/mol. The smallest absolute Gasteiger partial charge is 0.253 e. The molecule has 0 saturated carbocycles. The molecule has 1 heterocycles. The number of rotatable bonds is 16. The van der Waals surface area contributed by atoms with Crippen molar-refractivity contribution in [3.05, 3.63) is 77.2 Å². The highest BCUT2D eigenvalue weighted by Gasteiger charge is 2.31. The first-order valence-electron chi connectivity index (χ1n) is 15.5. The lowest BCUT2D eigenvalue weighted by Gasteiger charge is -2.30. The van der Waals surface area contributed by atoms with E-state index in [-0.39, 0.29) is 53.3 Å². The molecule has 0 bridgehead atoms. The molecule has 0 radical (unpaired) electrons. The number of amides is 3. The Morgan fingerprint density at radius 3 is 2.26 bits per heavy atom. The first-order valence-corrected chi connectivity index (χ1v) is 15.5. The number of aliphatic hydroxyl groups excluding tert-OH is 1. The van der Waals surface area contributed by atoms with Crippen LogP contribution in [0, 0.1) is 17.6 Å². The first kappa shape index (κ1) is 36.3. The van der Waals surface area contributed by atoms with E-state index < -0.39 is 35.2 Å². The second kappa shape index (κ2) is 16.4. The highest BCUT2D eigenvalue weighted by Crippen LogP contribution is 2.23. The van der Waals surface area contributed by atoms with E-state index in [0.717, 1.165) is 24.6 Å². The third-order valence-corrected chi connectivity index (χ3v) is 7.43. The fourth-order valence-corrected chi connectivity index (χ4v) is 4.85. The lowest BCUT2D eigenvalue weighted by atomic mass is 9.97. The van der Waals surface area contributed by atoms with E-state index in [0.29, 0.717) is 25.2 Å². The molecule has 0 saturated heterocycles. The summed E-state index contributed by atoms with van der Waals surface area (Å²) in [6.07, 6.45) is 2.15. The highest BCUT2D eigenvalue weighted by molar-refractivity contribution is 6.01.